The average Bonchev–Trinajstić information content (AvgIpc) is 2.87. The molecule has 0 saturated heterocycles. The van der Waals surface area contributed by atoms with E-state index in [4.69, 9.17) is 9.47 Å². The van der Waals surface area contributed by atoms with Crippen molar-refractivity contribution in [2.45, 2.75) is 6.42 Å². The van der Waals surface area contributed by atoms with E-state index in [9.17, 15) is 4.79 Å². The smallest absolute Gasteiger partial charge is 0.348 e. The number of hydrogen-bond donors (Lipinski definition) is 0. The summed E-state index contributed by atoms with van der Waals surface area (Å²) < 4.78 is 9.87. The van der Waals surface area contributed by atoms with E-state index in [0.717, 1.165) is 23.3 Å². The maximum atomic E-state index is 11.6. The van der Waals surface area contributed by atoms with Gasteiger partial charge in [-0.25, -0.2) is 4.79 Å². The molecule has 0 aliphatic carbocycles. The third-order valence-electron chi connectivity index (χ3n) is 2.67. The van der Waals surface area contributed by atoms with Gasteiger partial charge in [-0.1, -0.05) is 12.1 Å². The summed E-state index contributed by atoms with van der Waals surface area (Å²) in [6.07, 6.45) is 0.720. The maximum absolute atomic E-state index is 11.6. The van der Waals surface area contributed by atoms with Gasteiger partial charge in [0.25, 0.3) is 0 Å². The Labute approximate surface area is 110 Å². The lowest BCUT2D eigenvalue weighted by Crippen LogP contribution is -2.02. The van der Waals surface area contributed by atoms with Crippen LogP contribution in [0.5, 0.6) is 5.75 Å². The monoisotopic (exact) mass is 262 g/mol. The van der Waals surface area contributed by atoms with E-state index in [1.54, 1.807) is 7.11 Å². The quantitative estimate of drug-likeness (QED) is 0.794. The Morgan fingerprint density at radius 1 is 1.17 bits per heavy atom. The molecule has 0 atom stereocenters. The van der Waals surface area contributed by atoms with Crippen molar-refractivity contribution in [1.29, 1.82) is 0 Å². The first kappa shape index (κ1) is 12.6. The number of esters is 1. The van der Waals surface area contributed by atoms with E-state index in [0.29, 0.717) is 4.88 Å². The third kappa shape index (κ3) is 2.71. The summed E-state index contributed by atoms with van der Waals surface area (Å²) in [7, 11) is 3.04. The van der Waals surface area contributed by atoms with Crippen molar-refractivity contribution >= 4 is 17.3 Å². The first-order valence-corrected chi connectivity index (χ1v) is 6.40. The van der Waals surface area contributed by atoms with Gasteiger partial charge < -0.3 is 9.47 Å². The SMILES string of the molecule is COC(=O)c1sccc1Cc1ccc(OC)cc1. The summed E-state index contributed by atoms with van der Waals surface area (Å²) in [6.45, 7) is 0. The predicted octanol–water partition coefficient (Wildman–Crippen LogP) is 3.13. The summed E-state index contributed by atoms with van der Waals surface area (Å²) >= 11 is 1.41. The molecule has 18 heavy (non-hydrogen) atoms. The van der Waals surface area contributed by atoms with Crippen LogP contribution in [0.2, 0.25) is 0 Å². The second-order valence-electron chi connectivity index (χ2n) is 3.79. The topological polar surface area (TPSA) is 35.5 Å². The highest BCUT2D eigenvalue weighted by Crippen LogP contribution is 2.22. The van der Waals surface area contributed by atoms with Crippen LogP contribution in [0.4, 0.5) is 0 Å². The maximum Gasteiger partial charge on any atom is 0.348 e. The van der Waals surface area contributed by atoms with Gasteiger partial charge in [0.2, 0.25) is 0 Å². The number of rotatable bonds is 4. The Morgan fingerprint density at radius 2 is 1.89 bits per heavy atom. The van der Waals surface area contributed by atoms with Gasteiger partial charge in [-0.2, -0.15) is 0 Å². The Kier molecular flexibility index (Phi) is 3.99. The van der Waals surface area contributed by atoms with Crippen molar-refractivity contribution < 1.29 is 14.3 Å². The predicted molar refractivity (Wildman–Crippen MR) is 71.5 cm³/mol. The number of methoxy groups -OCH3 is 2. The first-order valence-electron chi connectivity index (χ1n) is 5.52. The lowest BCUT2D eigenvalue weighted by Gasteiger charge is -2.04. The first-order chi connectivity index (χ1) is 8.74. The molecule has 0 saturated carbocycles. The van der Waals surface area contributed by atoms with Gasteiger partial charge in [0, 0.05) is 0 Å². The second kappa shape index (κ2) is 5.69. The van der Waals surface area contributed by atoms with Crippen LogP contribution in [0.15, 0.2) is 35.7 Å². The molecule has 0 radical (unpaired) electrons. The zero-order valence-electron chi connectivity index (χ0n) is 10.3. The van der Waals surface area contributed by atoms with Crippen molar-refractivity contribution in [2.75, 3.05) is 14.2 Å². The number of hydrogen-bond acceptors (Lipinski definition) is 4. The Hall–Kier alpha value is -1.81. The number of thiophene rings is 1. The van der Waals surface area contributed by atoms with Crippen molar-refractivity contribution in [3.05, 3.63) is 51.7 Å². The largest absolute Gasteiger partial charge is 0.497 e. The van der Waals surface area contributed by atoms with Gasteiger partial charge >= 0.3 is 5.97 Å². The van der Waals surface area contributed by atoms with Crippen molar-refractivity contribution in [2.24, 2.45) is 0 Å². The van der Waals surface area contributed by atoms with E-state index in [1.807, 2.05) is 35.7 Å². The Morgan fingerprint density at radius 3 is 2.50 bits per heavy atom. The minimum atomic E-state index is -0.270. The zero-order chi connectivity index (χ0) is 13.0. The second-order valence-corrected chi connectivity index (χ2v) is 4.71. The van der Waals surface area contributed by atoms with Gasteiger partial charge in [-0.05, 0) is 41.1 Å². The van der Waals surface area contributed by atoms with Crippen LogP contribution in [0.1, 0.15) is 20.8 Å². The molecule has 1 heterocycles. The molecule has 2 aromatic rings. The van der Waals surface area contributed by atoms with Crippen LogP contribution < -0.4 is 4.74 Å². The van der Waals surface area contributed by atoms with Gasteiger partial charge in [-0.3, -0.25) is 0 Å². The van der Waals surface area contributed by atoms with E-state index in [1.165, 1.54) is 18.4 Å². The molecule has 0 spiro atoms. The number of carbonyl (C=O) groups excluding carboxylic acids is 1. The molecule has 0 amide bonds. The van der Waals surface area contributed by atoms with Gasteiger partial charge in [0.15, 0.2) is 0 Å². The molecule has 4 heteroatoms. The molecule has 0 bridgehead atoms. The Bertz CT molecular complexity index is 528. The van der Waals surface area contributed by atoms with Gasteiger partial charge in [-0.15, -0.1) is 11.3 Å². The number of benzene rings is 1. The minimum absolute atomic E-state index is 0.270. The fraction of sp³-hybridized carbons (Fsp3) is 0.214. The number of ether oxygens (including phenoxy) is 2. The molecule has 1 aromatic carbocycles. The van der Waals surface area contributed by atoms with E-state index < -0.39 is 0 Å². The lowest BCUT2D eigenvalue weighted by molar-refractivity contribution is 0.0605. The zero-order valence-corrected chi connectivity index (χ0v) is 11.1. The van der Waals surface area contributed by atoms with Crippen molar-refractivity contribution in [3.63, 3.8) is 0 Å². The summed E-state index contributed by atoms with van der Waals surface area (Å²) in [5.41, 5.74) is 2.14. The van der Waals surface area contributed by atoms with Gasteiger partial charge in [0.1, 0.15) is 10.6 Å². The van der Waals surface area contributed by atoms with Crippen LogP contribution in [0.25, 0.3) is 0 Å². The van der Waals surface area contributed by atoms with Crippen molar-refractivity contribution in [1.82, 2.24) is 0 Å². The lowest BCUT2D eigenvalue weighted by atomic mass is 10.1. The fourth-order valence-corrected chi connectivity index (χ4v) is 2.55. The van der Waals surface area contributed by atoms with Crippen molar-refractivity contribution in [3.8, 4) is 5.75 Å². The molecule has 0 aliphatic heterocycles. The van der Waals surface area contributed by atoms with Crippen LogP contribution >= 0.6 is 11.3 Å². The highest BCUT2D eigenvalue weighted by atomic mass is 32.1. The number of carbonyl (C=O) groups is 1. The van der Waals surface area contributed by atoms with E-state index >= 15 is 0 Å². The molecule has 0 unspecified atom stereocenters. The highest BCUT2D eigenvalue weighted by Gasteiger charge is 2.13. The highest BCUT2D eigenvalue weighted by molar-refractivity contribution is 7.12. The van der Waals surface area contributed by atoms with Crippen LogP contribution in [-0.4, -0.2) is 20.2 Å². The molecule has 0 aliphatic rings. The molecule has 2 rings (SSSR count). The summed E-state index contributed by atoms with van der Waals surface area (Å²) in [5.74, 6) is 0.561. The standard InChI is InChI=1S/C14H14O3S/c1-16-12-5-3-10(4-6-12)9-11-7-8-18-13(11)14(15)17-2/h3-8H,9H2,1-2H3. The molecule has 0 fully saturated rings. The molecular formula is C14H14O3S. The van der Waals surface area contributed by atoms with Crippen LogP contribution in [0, 0.1) is 0 Å². The summed E-state index contributed by atoms with van der Waals surface area (Å²) in [5, 5.41) is 1.91. The average molecular weight is 262 g/mol. The normalized spacial score (nSPS) is 10.1. The molecule has 94 valence electrons. The third-order valence-corrected chi connectivity index (χ3v) is 3.61. The van der Waals surface area contributed by atoms with Gasteiger partial charge in [0.05, 0.1) is 14.2 Å². The van der Waals surface area contributed by atoms with Crippen LogP contribution in [-0.2, 0) is 11.2 Å². The fourth-order valence-electron chi connectivity index (χ4n) is 1.71. The Balaban J connectivity index is 2.18. The molecule has 3 nitrogen and oxygen atoms in total. The molecular weight excluding hydrogens is 248 g/mol. The van der Waals surface area contributed by atoms with E-state index in [-0.39, 0.29) is 5.97 Å². The molecule has 0 N–H and O–H groups in total. The van der Waals surface area contributed by atoms with E-state index in [2.05, 4.69) is 0 Å². The molecule has 1 aromatic heterocycles. The minimum Gasteiger partial charge on any atom is -0.497 e. The summed E-state index contributed by atoms with van der Waals surface area (Å²) in [6, 6.07) is 9.79. The summed E-state index contributed by atoms with van der Waals surface area (Å²) in [4.78, 5) is 12.2. The van der Waals surface area contributed by atoms with Crippen LogP contribution in [0.3, 0.4) is 0 Å².